The molecule has 0 fully saturated rings. The SMILES string of the molecule is O=P(O)(O)F.c1c[nH]cn1. The monoisotopic (exact) mass is 168 g/mol. The van der Waals surface area contributed by atoms with Gasteiger partial charge >= 0.3 is 7.91 Å². The molecule has 0 saturated carbocycles. The number of hydrogen-bond donors (Lipinski definition) is 3. The van der Waals surface area contributed by atoms with Crippen LogP contribution in [-0.4, -0.2) is 19.8 Å². The van der Waals surface area contributed by atoms with E-state index in [1.165, 1.54) is 0 Å². The summed E-state index contributed by atoms with van der Waals surface area (Å²) in [5.74, 6) is 0. The van der Waals surface area contributed by atoms with E-state index in [9.17, 15) is 4.20 Å². The second-order valence-electron chi connectivity index (χ2n) is 1.23. The van der Waals surface area contributed by atoms with Crippen molar-refractivity contribution < 1.29 is 18.5 Å². The van der Waals surface area contributed by atoms with E-state index in [1.807, 2.05) is 0 Å². The molecule has 1 aromatic rings. The number of H-pyrrole nitrogens is 1. The molecule has 0 spiro atoms. The maximum absolute atomic E-state index is 10.4. The van der Waals surface area contributed by atoms with Crippen LogP contribution in [0.2, 0.25) is 0 Å². The molecule has 0 aliphatic heterocycles. The Labute approximate surface area is 56.2 Å². The average Bonchev–Trinajstić information content (AvgIpc) is 2.07. The Morgan fingerprint density at radius 1 is 1.60 bits per heavy atom. The van der Waals surface area contributed by atoms with Crippen LogP contribution in [0.25, 0.3) is 0 Å². The molecule has 0 aliphatic carbocycles. The predicted molar refractivity (Wildman–Crippen MR) is 31.7 cm³/mol. The molecular weight excluding hydrogens is 162 g/mol. The zero-order valence-electron chi connectivity index (χ0n) is 4.81. The van der Waals surface area contributed by atoms with Crippen molar-refractivity contribution in [2.24, 2.45) is 0 Å². The van der Waals surface area contributed by atoms with Crippen molar-refractivity contribution in [3.63, 3.8) is 0 Å². The molecule has 0 atom stereocenters. The van der Waals surface area contributed by atoms with Gasteiger partial charge in [-0.1, -0.05) is 0 Å². The lowest BCUT2D eigenvalue weighted by molar-refractivity contribution is 0.322. The number of imidazole rings is 1. The van der Waals surface area contributed by atoms with Gasteiger partial charge in [-0.3, -0.25) is 9.79 Å². The summed E-state index contributed by atoms with van der Waals surface area (Å²) in [5, 5.41) is 0. The number of hydrogen-bond acceptors (Lipinski definition) is 2. The molecule has 1 rings (SSSR count). The highest BCUT2D eigenvalue weighted by molar-refractivity contribution is 7.45. The lowest BCUT2D eigenvalue weighted by Gasteiger charge is -1.77. The fourth-order valence-electron chi connectivity index (χ4n) is 0.215. The maximum Gasteiger partial charge on any atom is 0.507 e. The lowest BCUT2D eigenvalue weighted by atomic mass is 11.0. The van der Waals surface area contributed by atoms with Gasteiger partial charge in [0, 0.05) is 12.4 Å². The minimum Gasteiger partial charge on any atom is -0.351 e. The number of halogens is 1. The van der Waals surface area contributed by atoms with Gasteiger partial charge in [0.05, 0.1) is 6.33 Å². The largest absolute Gasteiger partial charge is 0.507 e. The zero-order valence-corrected chi connectivity index (χ0v) is 5.70. The van der Waals surface area contributed by atoms with Gasteiger partial charge in [0.2, 0.25) is 0 Å². The Balaban J connectivity index is 0.000000162. The van der Waals surface area contributed by atoms with Gasteiger partial charge in [-0.15, -0.1) is 4.20 Å². The van der Waals surface area contributed by atoms with Gasteiger partial charge in [0.1, 0.15) is 0 Å². The minimum atomic E-state index is -5.14. The summed E-state index contributed by atoms with van der Waals surface area (Å²) in [6.45, 7) is 0. The van der Waals surface area contributed by atoms with E-state index in [4.69, 9.17) is 14.4 Å². The highest BCUT2D eigenvalue weighted by Crippen LogP contribution is 2.34. The first-order valence-electron chi connectivity index (χ1n) is 2.18. The van der Waals surface area contributed by atoms with E-state index in [0.717, 1.165) is 0 Å². The molecule has 10 heavy (non-hydrogen) atoms. The summed E-state index contributed by atoms with van der Waals surface area (Å²) in [5.41, 5.74) is 0. The standard InChI is InChI=1S/C3H4N2.FH2O3P/c1-2-5-3-4-1;1-5(2,3)4/h1-3H,(H,4,5);(H2,2,3,4). The Kier molecular flexibility index (Phi) is 3.87. The third-order valence-electron chi connectivity index (χ3n) is 0.406. The van der Waals surface area contributed by atoms with Crippen molar-refractivity contribution in [3.05, 3.63) is 18.7 Å². The van der Waals surface area contributed by atoms with Crippen LogP contribution in [0.3, 0.4) is 0 Å². The molecule has 0 amide bonds. The topological polar surface area (TPSA) is 86.2 Å². The van der Waals surface area contributed by atoms with Gasteiger partial charge in [-0.2, -0.15) is 0 Å². The van der Waals surface area contributed by atoms with Gasteiger partial charge < -0.3 is 4.98 Å². The average molecular weight is 168 g/mol. The Morgan fingerprint density at radius 3 is 2.20 bits per heavy atom. The summed E-state index contributed by atoms with van der Waals surface area (Å²) >= 11 is 0. The van der Waals surface area contributed by atoms with E-state index in [0.29, 0.717) is 0 Å². The van der Waals surface area contributed by atoms with Crippen LogP contribution < -0.4 is 0 Å². The van der Waals surface area contributed by atoms with Gasteiger partial charge in [0.25, 0.3) is 0 Å². The van der Waals surface area contributed by atoms with Crippen LogP contribution in [-0.2, 0) is 4.57 Å². The smallest absolute Gasteiger partial charge is 0.351 e. The Morgan fingerprint density at radius 2 is 2.10 bits per heavy atom. The van der Waals surface area contributed by atoms with Gasteiger partial charge in [0.15, 0.2) is 0 Å². The fourth-order valence-corrected chi connectivity index (χ4v) is 0.215. The van der Waals surface area contributed by atoms with Crippen LogP contribution >= 0.6 is 7.91 Å². The highest BCUT2D eigenvalue weighted by Gasteiger charge is 2.04. The summed E-state index contributed by atoms with van der Waals surface area (Å²) in [6, 6.07) is 0. The van der Waals surface area contributed by atoms with Crippen molar-refractivity contribution >= 4 is 7.91 Å². The van der Waals surface area contributed by atoms with E-state index in [1.54, 1.807) is 18.7 Å². The third kappa shape index (κ3) is 15.7. The summed E-state index contributed by atoms with van der Waals surface area (Å²) in [7, 11) is -5.14. The molecule has 58 valence electrons. The quantitative estimate of drug-likeness (QED) is 0.491. The van der Waals surface area contributed by atoms with Crippen molar-refractivity contribution in [3.8, 4) is 0 Å². The zero-order chi connectivity index (χ0) is 8.04. The molecule has 5 nitrogen and oxygen atoms in total. The number of aromatic nitrogens is 2. The number of rotatable bonds is 0. The first-order valence-corrected chi connectivity index (χ1v) is 3.68. The first-order chi connectivity index (χ1) is 4.50. The summed E-state index contributed by atoms with van der Waals surface area (Å²) < 4.78 is 19.0. The molecule has 0 saturated heterocycles. The normalized spacial score (nSPS) is 9.90. The number of aromatic amines is 1. The van der Waals surface area contributed by atoms with Crippen LogP contribution in [0, 0.1) is 0 Å². The molecule has 1 aromatic heterocycles. The highest BCUT2D eigenvalue weighted by atomic mass is 31.2. The minimum absolute atomic E-state index is 1.62. The van der Waals surface area contributed by atoms with E-state index >= 15 is 0 Å². The number of nitrogens with one attached hydrogen (secondary N) is 1. The van der Waals surface area contributed by atoms with Crippen LogP contribution in [0.5, 0.6) is 0 Å². The van der Waals surface area contributed by atoms with Crippen molar-refractivity contribution in [2.45, 2.75) is 0 Å². The first kappa shape index (κ1) is 9.29. The predicted octanol–water partition coefficient (Wildman–Crippen LogP) is 0.458. The fraction of sp³-hybridized carbons (Fsp3) is 0. The summed E-state index contributed by atoms with van der Waals surface area (Å²) in [6.07, 6.45) is 5.08. The second-order valence-corrected chi connectivity index (χ2v) is 2.18. The van der Waals surface area contributed by atoms with Crippen molar-refractivity contribution in [2.75, 3.05) is 0 Å². The molecule has 0 aliphatic rings. The Bertz CT molecular complexity index is 170. The van der Waals surface area contributed by atoms with Crippen LogP contribution in [0.1, 0.15) is 0 Å². The van der Waals surface area contributed by atoms with Gasteiger partial charge in [-0.05, 0) is 0 Å². The molecule has 7 heteroatoms. The van der Waals surface area contributed by atoms with Crippen LogP contribution in [0.4, 0.5) is 4.20 Å². The van der Waals surface area contributed by atoms with Crippen molar-refractivity contribution in [1.82, 2.24) is 9.97 Å². The summed E-state index contributed by atoms with van der Waals surface area (Å²) in [4.78, 5) is 20.3. The Hall–Kier alpha value is -0.710. The van der Waals surface area contributed by atoms with Gasteiger partial charge in [-0.25, -0.2) is 9.55 Å². The lowest BCUT2D eigenvalue weighted by Crippen LogP contribution is -1.56. The third-order valence-corrected chi connectivity index (χ3v) is 0.406. The van der Waals surface area contributed by atoms with E-state index in [2.05, 4.69) is 9.97 Å². The molecule has 0 bridgehead atoms. The van der Waals surface area contributed by atoms with E-state index < -0.39 is 7.91 Å². The molecule has 3 N–H and O–H groups in total. The molecular formula is C3H6FN2O3P. The van der Waals surface area contributed by atoms with Crippen molar-refractivity contribution in [1.29, 1.82) is 0 Å². The molecule has 0 aromatic carbocycles. The van der Waals surface area contributed by atoms with E-state index in [-0.39, 0.29) is 0 Å². The van der Waals surface area contributed by atoms with Crippen LogP contribution in [0.15, 0.2) is 18.7 Å². The molecule has 0 unspecified atom stereocenters. The molecule has 1 heterocycles. The number of nitrogens with zero attached hydrogens (tertiary/aromatic N) is 1. The maximum atomic E-state index is 10.4. The second kappa shape index (κ2) is 4.16. The molecule has 0 radical (unpaired) electrons.